The smallest absolute Gasteiger partial charge is 0.329 e. The van der Waals surface area contributed by atoms with Gasteiger partial charge in [-0.05, 0) is 58.8 Å². The summed E-state index contributed by atoms with van der Waals surface area (Å²) in [6.07, 6.45) is 1.46. The molecule has 8 nitrogen and oxygen atoms in total. The molecule has 3 rings (SSSR count). The second-order valence-electron chi connectivity index (χ2n) is 6.37. The highest BCUT2D eigenvalue weighted by Gasteiger charge is 2.35. The van der Waals surface area contributed by atoms with E-state index < -0.39 is 30.2 Å². The van der Waals surface area contributed by atoms with Gasteiger partial charge in [0.1, 0.15) is 18.1 Å². The number of amides is 4. The Hall–Kier alpha value is -3.40. The minimum Gasteiger partial charge on any atom is -0.493 e. The Bertz CT molecular complexity index is 1070. The zero-order valence-electron chi connectivity index (χ0n) is 16.7. The van der Waals surface area contributed by atoms with E-state index in [1.165, 1.54) is 31.4 Å². The molecule has 1 fully saturated rings. The van der Waals surface area contributed by atoms with Crippen LogP contribution in [-0.2, 0) is 9.59 Å². The van der Waals surface area contributed by atoms with Crippen LogP contribution in [0.2, 0.25) is 0 Å². The monoisotopic (exact) mass is 491 g/mol. The number of imide groups is 1. The molecule has 1 aliphatic heterocycles. The molecule has 1 saturated heterocycles. The van der Waals surface area contributed by atoms with Gasteiger partial charge in [0.2, 0.25) is 5.91 Å². The molecule has 0 atom stereocenters. The fourth-order valence-corrected chi connectivity index (χ4v) is 3.46. The number of benzene rings is 2. The van der Waals surface area contributed by atoms with Crippen LogP contribution < -0.4 is 20.1 Å². The first-order chi connectivity index (χ1) is 14.8. The number of carbonyl (C=O) groups is 3. The first kappa shape index (κ1) is 22.3. The van der Waals surface area contributed by atoms with E-state index in [4.69, 9.17) is 9.47 Å². The van der Waals surface area contributed by atoms with Crippen LogP contribution in [0.5, 0.6) is 11.5 Å². The van der Waals surface area contributed by atoms with Crippen molar-refractivity contribution in [2.45, 2.75) is 6.92 Å². The Kier molecular flexibility index (Phi) is 6.91. The summed E-state index contributed by atoms with van der Waals surface area (Å²) >= 11 is 3.40. The first-order valence-corrected chi connectivity index (χ1v) is 10.0. The lowest BCUT2D eigenvalue weighted by atomic mass is 10.1. The second-order valence-corrected chi connectivity index (χ2v) is 7.23. The molecule has 31 heavy (non-hydrogen) atoms. The van der Waals surface area contributed by atoms with E-state index in [1.807, 2.05) is 6.92 Å². The Morgan fingerprint density at radius 2 is 2.03 bits per heavy atom. The Morgan fingerprint density at radius 3 is 2.71 bits per heavy atom. The molecule has 162 valence electrons. The standard InChI is InChI=1S/C21H19BrFN3O5/c1-3-31-19-13(22)8-12(10-17(19)30-2)9-16-20(28)26(21(29)25-16)11-18(27)24-15-7-5-4-6-14(15)23/h4-10H,3,11H2,1-2H3,(H,24,27)(H,25,29)/b16-9+. The molecule has 2 N–H and O–H groups in total. The van der Waals surface area contributed by atoms with Crippen LogP contribution in [0, 0.1) is 5.82 Å². The van der Waals surface area contributed by atoms with Crippen LogP contribution in [0.3, 0.4) is 0 Å². The van der Waals surface area contributed by atoms with Crippen LogP contribution in [0.4, 0.5) is 14.9 Å². The molecule has 10 heteroatoms. The third-order valence-electron chi connectivity index (χ3n) is 4.26. The number of hydrogen-bond acceptors (Lipinski definition) is 5. The highest BCUT2D eigenvalue weighted by atomic mass is 79.9. The van der Waals surface area contributed by atoms with Crippen molar-refractivity contribution in [3.63, 3.8) is 0 Å². The summed E-state index contributed by atoms with van der Waals surface area (Å²) in [5.41, 5.74) is 0.511. The van der Waals surface area contributed by atoms with Gasteiger partial charge in [-0.15, -0.1) is 0 Å². The molecule has 0 bridgehead atoms. The van der Waals surface area contributed by atoms with Gasteiger partial charge in [-0.2, -0.15) is 0 Å². The number of methoxy groups -OCH3 is 1. The van der Waals surface area contributed by atoms with Gasteiger partial charge in [-0.25, -0.2) is 14.1 Å². The summed E-state index contributed by atoms with van der Waals surface area (Å²) in [5.74, 6) is -1.05. The van der Waals surface area contributed by atoms with Gasteiger partial charge >= 0.3 is 6.03 Å². The molecule has 0 aromatic heterocycles. The zero-order chi connectivity index (χ0) is 22.5. The number of nitrogens with zero attached hydrogens (tertiary/aromatic N) is 1. The zero-order valence-corrected chi connectivity index (χ0v) is 18.3. The lowest BCUT2D eigenvalue weighted by Gasteiger charge is -2.13. The van der Waals surface area contributed by atoms with Crippen LogP contribution in [0.25, 0.3) is 6.08 Å². The van der Waals surface area contributed by atoms with Crippen molar-refractivity contribution in [3.05, 3.63) is 57.9 Å². The number of ether oxygens (including phenoxy) is 2. The summed E-state index contributed by atoms with van der Waals surface area (Å²) in [6, 6.07) is 8.19. The average molecular weight is 492 g/mol. The normalized spacial score (nSPS) is 14.6. The van der Waals surface area contributed by atoms with Gasteiger partial charge in [0.15, 0.2) is 11.5 Å². The maximum atomic E-state index is 13.7. The summed E-state index contributed by atoms with van der Waals surface area (Å²) in [4.78, 5) is 37.8. The van der Waals surface area contributed by atoms with Crippen LogP contribution in [-0.4, -0.2) is 43.0 Å². The second kappa shape index (κ2) is 9.61. The number of halogens is 2. The molecular formula is C21H19BrFN3O5. The number of para-hydroxylation sites is 1. The summed E-state index contributed by atoms with van der Waals surface area (Å²) in [6.45, 7) is 1.71. The lowest BCUT2D eigenvalue weighted by Crippen LogP contribution is -2.38. The topological polar surface area (TPSA) is 97.0 Å². The largest absolute Gasteiger partial charge is 0.493 e. The number of carbonyl (C=O) groups excluding carboxylic acids is 3. The maximum absolute atomic E-state index is 13.7. The van der Waals surface area contributed by atoms with Gasteiger partial charge in [0.25, 0.3) is 5.91 Å². The van der Waals surface area contributed by atoms with Crippen LogP contribution in [0.1, 0.15) is 12.5 Å². The number of hydrogen-bond donors (Lipinski definition) is 2. The van der Waals surface area contributed by atoms with Crippen molar-refractivity contribution in [1.29, 1.82) is 0 Å². The van der Waals surface area contributed by atoms with E-state index in [-0.39, 0.29) is 11.4 Å². The fraction of sp³-hybridized carbons (Fsp3) is 0.190. The van der Waals surface area contributed by atoms with E-state index in [9.17, 15) is 18.8 Å². The fourth-order valence-electron chi connectivity index (χ4n) is 2.89. The van der Waals surface area contributed by atoms with Crippen molar-refractivity contribution in [2.75, 3.05) is 25.6 Å². The minimum absolute atomic E-state index is 0.0122. The van der Waals surface area contributed by atoms with Crippen molar-refractivity contribution >= 4 is 45.5 Å². The van der Waals surface area contributed by atoms with Crippen LogP contribution in [0.15, 0.2) is 46.6 Å². The highest BCUT2D eigenvalue weighted by molar-refractivity contribution is 9.10. The number of rotatable bonds is 7. The van der Waals surface area contributed by atoms with Crippen molar-refractivity contribution in [1.82, 2.24) is 10.2 Å². The maximum Gasteiger partial charge on any atom is 0.329 e. The van der Waals surface area contributed by atoms with E-state index in [1.54, 1.807) is 18.2 Å². The summed E-state index contributed by atoms with van der Waals surface area (Å²) in [7, 11) is 1.49. The average Bonchev–Trinajstić information content (AvgIpc) is 2.98. The van der Waals surface area contributed by atoms with Crippen LogP contribution >= 0.6 is 15.9 Å². The molecule has 1 heterocycles. The molecule has 0 radical (unpaired) electrons. The molecule has 0 unspecified atom stereocenters. The van der Waals surface area contributed by atoms with Crippen molar-refractivity contribution in [2.24, 2.45) is 0 Å². The summed E-state index contributed by atoms with van der Waals surface area (Å²) in [5, 5.41) is 4.78. The first-order valence-electron chi connectivity index (χ1n) is 9.23. The Labute approximate surface area is 186 Å². The van der Waals surface area contributed by atoms with E-state index in [0.29, 0.717) is 28.1 Å². The van der Waals surface area contributed by atoms with Crippen molar-refractivity contribution < 1.29 is 28.2 Å². The third-order valence-corrected chi connectivity index (χ3v) is 4.85. The molecule has 0 aliphatic carbocycles. The molecule has 1 aliphatic rings. The minimum atomic E-state index is -0.753. The number of nitrogens with one attached hydrogen (secondary N) is 2. The van der Waals surface area contributed by atoms with Gasteiger partial charge in [0.05, 0.1) is 23.9 Å². The number of anilines is 1. The lowest BCUT2D eigenvalue weighted by molar-refractivity contribution is -0.127. The number of urea groups is 1. The molecule has 4 amide bonds. The SMILES string of the molecule is CCOc1c(Br)cc(/C=C2/NC(=O)N(CC(=O)Nc3ccccc3F)C2=O)cc1OC. The predicted octanol–water partition coefficient (Wildman–Crippen LogP) is 3.53. The van der Waals surface area contributed by atoms with Crippen molar-refractivity contribution in [3.8, 4) is 11.5 Å². The Balaban J connectivity index is 1.77. The quantitative estimate of drug-likeness (QED) is 0.456. The van der Waals surface area contributed by atoms with E-state index in [0.717, 1.165) is 4.90 Å². The summed E-state index contributed by atoms with van der Waals surface area (Å²) < 4.78 is 25.1. The van der Waals surface area contributed by atoms with Gasteiger partial charge in [0, 0.05) is 0 Å². The highest BCUT2D eigenvalue weighted by Crippen LogP contribution is 2.37. The molecule has 0 saturated carbocycles. The predicted molar refractivity (Wildman–Crippen MR) is 115 cm³/mol. The molecule has 2 aromatic carbocycles. The third kappa shape index (κ3) is 5.02. The van der Waals surface area contributed by atoms with Gasteiger partial charge in [-0.3, -0.25) is 9.59 Å². The van der Waals surface area contributed by atoms with E-state index in [2.05, 4.69) is 26.6 Å². The molecular weight excluding hydrogens is 473 g/mol. The van der Waals surface area contributed by atoms with Gasteiger partial charge in [-0.1, -0.05) is 12.1 Å². The van der Waals surface area contributed by atoms with Gasteiger partial charge < -0.3 is 20.1 Å². The Morgan fingerprint density at radius 1 is 1.29 bits per heavy atom. The molecule has 2 aromatic rings. The molecule has 0 spiro atoms. The van der Waals surface area contributed by atoms with E-state index >= 15 is 0 Å².